The molecule has 0 unspecified atom stereocenters. The molecule has 0 heterocycles. The number of rotatable bonds is 9. The van der Waals surface area contributed by atoms with Gasteiger partial charge in [0.05, 0.1) is 6.61 Å². The van der Waals surface area contributed by atoms with Gasteiger partial charge >= 0.3 is 0 Å². The van der Waals surface area contributed by atoms with Crippen molar-refractivity contribution in [1.82, 2.24) is 5.32 Å². The van der Waals surface area contributed by atoms with Crippen LogP contribution in [0.1, 0.15) is 19.8 Å². The van der Waals surface area contributed by atoms with Gasteiger partial charge in [0.15, 0.2) is 0 Å². The monoisotopic (exact) mass is 205 g/mol. The Labute approximate surface area is 86.3 Å². The summed E-state index contributed by atoms with van der Waals surface area (Å²) in [6.07, 6.45) is 6.32. The lowest BCUT2D eigenvalue weighted by Gasteiger charge is -2.03. The molecule has 0 saturated carbocycles. The SMILES string of the molecule is CCCCOCCNC/C=C/CCl. The van der Waals surface area contributed by atoms with E-state index in [0.717, 1.165) is 32.7 Å². The normalized spacial score (nSPS) is 11.2. The second-order valence-electron chi connectivity index (χ2n) is 2.80. The predicted molar refractivity (Wildman–Crippen MR) is 58.5 cm³/mol. The Bertz CT molecular complexity index is 117. The van der Waals surface area contributed by atoms with Crippen molar-refractivity contribution in [3.05, 3.63) is 12.2 Å². The third kappa shape index (κ3) is 12.0. The Morgan fingerprint density at radius 2 is 2.15 bits per heavy atom. The van der Waals surface area contributed by atoms with Crippen molar-refractivity contribution in [1.29, 1.82) is 0 Å². The Balaban J connectivity index is 2.87. The van der Waals surface area contributed by atoms with E-state index >= 15 is 0 Å². The fourth-order valence-corrected chi connectivity index (χ4v) is 0.951. The van der Waals surface area contributed by atoms with Crippen LogP contribution >= 0.6 is 11.6 Å². The molecule has 0 fully saturated rings. The minimum Gasteiger partial charge on any atom is -0.380 e. The van der Waals surface area contributed by atoms with Crippen LogP contribution < -0.4 is 5.32 Å². The number of nitrogens with one attached hydrogen (secondary N) is 1. The summed E-state index contributed by atoms with van der Waals surface area (Å²) in [5.74, 6) is 0.592. The molecule has 0 aromatic rings. The summed E-state index contributed by atoms with van der Waals surface area (Å²) in [4.78, 5) is 0. The van der Waals surface area contributed by atoms with E-state index in [-0.39, 0.29) is 0 Å². The molecule has 1 N–H and O–H groups in total. The first-order valence-corrected chi connectivity index (χ1v) is 5.44. The Morgan fingerprint density at radius 3 is 2.85 bits per heavy atom. The Morgan fingerprint density at radius 1 is 1.31 bits per heavy atom. The highest BCUT2D eigenvalue weighted by Gasteiger charge is 1.86. The fourth-order valence-electron chi connectivity index (χ4n) is 0.825. The van der Waals surface area contributed by atoms with Crippen molar-refractivity contribution >= 4 is 11.6 Å². The number of hydrogen-bond acceptors (Lipinski definition) is 2. The van der Waals surface area contributed by atoms with Crippen molar-refractivity contribution in [2.75, 3.05) is 32.2 Å². The number of ether oxygens (including phenoxy) is 1. The van der Waals surface area contributed by atoms with Crippen molar-refractivity contribution in [3.63, 3.8) is 0 Å². The van der Waals surface area contributed by atoms with Crippen LogP contribution in [0.4, 0.5) is 0 Å². The highest BCUT2D eigenvalue weighted by atomic mass is 35.5. The molecule has 0 atom stereocenters. The molecule has 13 heavy (non-hydrogen) atoms. The van der Waals surface area contributed by atoms with Crippen LogP contribution in [-0.4, -0.2) is 32.2 Å². The van der Waals surface area contributed by atoms with Gasteiger partial charge in [-0.15, -0.1) is 11.6 Å². The van der Waals surface area contributed by atoms with Gasteiger partial charge in [-0.2, -0.15) is 0 Å². The lowest BCUT2D eigenvalue weighted by Crippen LogP contribution is -2.19. The van der Waals surface area contributed by atoms with Crippen LogP contribution in [0.2, 0.25) is 0 Å². The van der Waals surface area contributed by atoms with Crippen molar-refractivity contribution in [3.8, 4) is 0 Å². The van der Waals surface area contributed by atoms with E-state index in [1.807, 2.05) is 12.2 Å². The third-order valence-electron chi connectivity index (χ3n) is 1.58. The maximum absolute atomic E-state index is 5.46. The summed E-state index contributed by atoms with van der Waals surface area (Å²) in [5, 5.41) is 3.23. The van der Waals surface area contributed by atoms with E-state index in [2.05, 4.69) is 12.2 Å². The number of unbranched alkanes of at least 4 members (excludes halogenated alkanes) is 1. The Hall–Kier alpha value is -0.0500. The second kappa shape index (κ2) is 11.9. The van der Waals surface area contributed by atoms with Gasteiger partial charge in [-0.05, 0) is 6.42 Å². The highest BCUT2D eigenvalue weighted by molar-refractivity contribution is 6.18. The number of hydrogen-bond donors (Lipinski definition) is 1. The average Bonchev–Trinajstić information content (AvgIpc) is 2.16. The van der Waals surface area contributed by atoms with Crippen LogP contribution in [-0.2, 0) is 4.74 Å². The standard InChI is InChI=1S/C10H20ClNO/c1-2-3-9-13-10-8-12-7-5-4-6-11/h4-5,12H,2-3,6-10H2,1H3/b5-4+. The van der Waals surface area contributed by atoms with Crippen LogP contribution in [0.3, 0.4) is 0 Å². The lowest BCUT2D eigenvalue weighted by atomic mass is 10.4. The first-order valence-electron chi connectivity index (χ1n) is 4.91. The summed E-state index contributed by atoms with van der Waals surface area (Å²) >= 11 is 5.46. The molecule has 0 radical (unpaired) electrons. The molecule has 0 aliphatic heterocycles. The zero-order chi connectivity index (χ0) is 9.78. The molecule has 0 saturated heterocycles. The molecule has 0 aliphatic carbocycles. The maximum atomic E-state index is 5.46. The Kier molecular flexibility index (Phi) is 11.9. The zero-order valence-electron chi connectivity index (χ0n) is 8.39. The zero-order valence-corrected chi connectivity index (χ0v) is 9.15. The van der Waals surface area contributed by atoms with E-state index < -0.39 is 0 Å². The van der Waals surface area contributed by atoms with E-state index in [1.165, 1.54) is 6.42 Å². The molecule has 3 heteroatoms. The van der Waals surface area contributed by atoms with Crippen LogP contribution in [0.5, 0.6) is 0 Å². The van der Waals surface area contributed by atoms with Crippen LogP contribution in [0, 0.1) is 0 Å². The minimum absolute atomic E-state index is 0.592. The number of alkyl halides is 1. The number of allylic oxidation sites excluding steroid dienone is 1. The summed E-state index contributed by atoms with van der Waals surface area (Å²) in [6, 6.07) is 0. The van der Waals surface area contributed by atoms with E-state index in [9.17, 15) is 0 Å². The van der Waals surface area contributed by atoms with Gasteiger partial charge in [0.25, 0.3) is 0 Å². The van der Waals surface area contributed by atoms with Crippen LogP contribution in [0.15, 0.2) is 12.2 Å². The van der Waals surface area contributed by atoms with Gasteiger partial charge in [0, 0.05) is 25.6 Å². The summed E-state index contributed by atoms with van der Waals surface area (Å²) < 4.78 is 5.37. The minimum atomic E-state index is 0.592. The van der Waals surface area contributed by atoms with Gasteiger partial charge < -0.3 is 10.1 Å². The maximum Gasteiger partial charge on any atom is 0.0591 e. The second-order valence-corrected chi connectivity index (χ2v) is 3.10. The van der Waals surface area contributed by atoms with E-state index in [0.29, 0.717) is 5.88 Å². The van der Waals surface area contributed by atoms with Gasteiger partial charge in [-0.1, -0.05) is 25.5 Å². The summed E-state index contributed by atoms with van der Waals surface area (Å²) in [6.45, 7) is 5.64. The quantitative estimate of drug-likeness (QED) is 0.354. The van der Waals surface area contributed by atoms with Crippen LogP contribution in [0.25, 0.3) is 0 Å². The molecule has 0 aromatic heterocycles. The molecule has 0 aromatic carbocycles. The topological polar surface area (TPSA) is 21.3 Å². The molecule has 0 aliphatic rings. The molecule has 0 bridgehead atoms. The average molecular weight is 206 g/mol. The third-order valence-corrected chi connectivity index (χ3v) is 1.76. The first-order chi connectivity index (χ1) is 6.41. The number of halogens is 1. The molecular formula is C10H20ClNO. The van der Waals surface area contributed by atoms with Gasteiger partial charge in [0.1, 0.15) is 0 Å². The van der Waals surface area contributed by atoms with E-state index in [4.69, 9.17) is 16.3 Å². The van der Waals surface area contributed by atoms with Gasteiger partial charge in [-0.25, -0.2) is 0 Å². The molecule has 0 amide bonds. The molecular weight excluding hydrogens is 186 g/mol. The first kappa shape index (κ1) is 12.9. The van der Waals surface area contributed by atoms with Gasteiger partial charge in [-0.3, -0.25) is 0 Å². The van der Waals surface area contributed by atoms with Gasteiger partial charge in [0.2, 0.25) is 0 Å². The largest absolute Gasteiger partial charge is 0.380 e. The molecule has 78 valence electrons. The highest BCUT2D eigenvalue weighted by Crippen LogP contribution is 1.86. The molecule has 2 nitrogen and oxygen atoms in total. The molecule has 0 spiro atoms. The molecule has 0 rings (SSSR count). The summed E-state index contributed by atoms with van der Waals surface area (Å²) in [7, 11) is 0. The predicted octanol–water partition coefficient (Wildman–Crippen LogP) is 2.19. The van der Waals surface area contributed by atoms with Crippen molar-refractivity contribution in [2.24, 2.45) is 0 Å². The lowest BCUT2D eigenvalue weighted by molar-refractivity contribution is 0.133. The van der Waals surface area contributed by atoms with Crippen molar-refractivity contribution < 1.29 is 4.74 Å². The van der Waals surface area contributed by atoms with Crippen molar-refractivity contribution in [2.45, 2.75) is 19.8 Å². The van der Waals surface area contributed by atoms with E-state index in [1.54, 1.807) is 0 Å². The fraction of sp³-hybridized carbons (Fsp3) is 0.800. The smallest absolute Gasteiger partial charge is 0.0591 e. The summed E-state index contributed by atoms with van der Waals surface area (Å²) in [5.41, 5.74) is 0.